The SMILES string of the molecule is [CH2-]C[CH2-].[CH2-]C[CH2-].[K+].[K+]. The van der Waals surface area contributed by atoms with E-state index in [9.17, 15) is 0 Å². The molecule has 0 aliphatic carbocycles. The fourth-order valence-corrected chi connectivity index (χ4v) is 0. The summed E-state index contributed by atoms with van der Waals surface area (Å²) in [7, 11) is 0. The molecule has 0 heterocycles. The van der Waals surface area contributed by atoms with Crippen molar-refractivity contribution in [1.29, 1.82) is 0 Å². The summed E-state index contributed by atoms with van der Waals surface area (Å²) in [4.78, 5) is 0. The predicted octanol–water partition coefficient (Wildman–Crippen LogP) is -3.90. The van der Waals surface area contributed by atoms with E-state index < -0.39 is 0 Å². The molecule has 0 saturated carbocycles. The Morgan fingerprint density at radius 1 is 0.625 bits per heavy atom. The molecule has 8 heavy (non-hydrogen) atoms. The largest absolute Gasteiger partial charge is 1.00 e. The van der Waals surface area contributed by atoms with Gasteiger partial charge < -0.3 is 40.5 Å². The van der Waals surface area contributed by atoms with Crippen LogP contribution in [0.3, 0.4) is 0 Å². The van der Waals surface area contributed by atoms with Crippen molar-refractivity contribution in [2.45, 2.75) is 12.8 Å². The first kappa shape index (κ1) is 22.5. The van der Waals surface area contributed by atoms with E-state index in [2.05, 4.69) is 27.7 Å². The minimum atomic E-state index is 0. The Balaban J connectivity index is -0.0000000160. The molecule has 0 aliphatic rings. The topological polar surface area (TPSA) is 0 Å². The van der Waals surface area contributed by atoms with Crippen LogP contribution in [0.2, 0.25) is 0 Å². The van der Waals surface area contributed by atoms with Crippen molar-refractivity contribution >= 4 is 0 Å². The monoisotopic (exact) mass is 162 g/mol. The molecule has 0 aromatic heterocycles. The molecule has 0 spiro atoms. The second-order valence-corrected chi connectivity index (χ2v) is 0.707. The van der Waals surface area contributed by atoms with Crippen LogP contribution in [0.15, 0.2) is 0 Å². The third kappa shape index (κ3) is 59.2. The Hall–Kier alpha value is 3.27. The van der Waals surface area contributed by atoms with Crippen LogP contribution in [0.25, 0.3) is 0 Å². The van der Waals surface area contributed by atoms with Crippen molar-refractivity contribution < 1.29 is 103 Å². The Morgan fingerprint density at radius 3 is 0.625 bits per heavy atom. The molecule has 0 aliphatic heterocycles. The van der Waals surface area contributed by atoms with Crippen LogP contribution >= 0.6 is 0 Å². The Kier molecular flexibility index (Phi) is 89.3. The van der Waals surface area contributed by atoms with Crippen molar-refractivity contribution in [2.75, 3.05) is 0 Å². The maximum Gasteiger partial charge on any atom is 1.00 e. The van der Waals surface area contributed by atoms with E-state index in [1.165, 1.54) is 0 Å². The first-order valence-corrected chi connectivity index (χ1v) is 2.00. The third-order valence-corrected chi connectivity index (χ3v) is 0. The summed E-state index contributed by atoms with van der Waals surface area (Å²) in [5.74, 6) is 0. The zero-order valence-electron chi connectivity index (χ0n) is 6.24. The van der Waals surface area contributed by atoms with Crippen molar-refractivity contribution in [1.82, 2.24) is 0 Å². The van der Waals surface area contributed by atoms with Crippen LogP contribution in [0, 0.1) is 27.7 Å². The fraction of sp³-hybridized carbons (Fsp3) is 0.333. The van der Waals surface area contributed by atoms with Crippen molar-refractivity contribution in [2.24, 2.45) is 0 Å². The van der Waals surface area contributed by atoms with Gasteiger partial charge in [-0.05, 0) is 0 Å². The second kappa shape index (κ2) is 31.8. The standard InChI is InChI=1S/2C3H6.2K/c2*1-3-2;;/h2*1-3H2;;/q2*-2;2*+1. The number of rotatable bonds is 0. The molecule has 0 bridgehead atoms. The molecule has 0 amide bonds. The molecule has 0 rings (SSSR count). The van der Waals surface area contributed by atoms with Crippen LogP contribution in [-0.2, 0) is 0 Å². The molecule has 40 valence electrons. The van der Waals surface area contributed by atoms with Crippen LogP contribution in [0.4, 0.5) is 0 Å². The van der Waals surface area contributed by atoms with Gasteiger partial charge in [0, 0.05) is 0 Å². The van der Waals surface area contributed by atoms with Crippen LogP contribution in [0.5, 0.6) is 0 Å². The van der Waals surface area contributed by atoms with E-state index in [1.807, 2.05) is 0 Å². The average molecular weight is 162 g/mol. The Bertz CT molecular complexity index is 8.49. The molecule has 0 atom stereocenters. The molecule has 2 heteroatoms. The van der Waals surface area contributed by atoms with E-state index in [1.54, 1.807) is 0 Å². The van der Waals surface area contributed by atoms with Gasteiger partial charge in [0.2, 0.25) is 0 Å². The summed E-state index contributed by atoms with van der Waals surface area (Å²) in [6.07, 6.45) is 1.50. The summed E-state index contributed by atoms with van der Waals surface area (Å²) >= 11 is 0. The van der Waals surface area contributed by atoms with Gasteiger partial charge >= 0.3 is 103 Å². The second-order valence-electron chi connectivity index (χ2n) is 0.707. The first-order chi connectivity index (χ1) is 2.83. The molecule has 0 radical (unpaired) electrons. The van der Waals surface area contributed by atoms with Gasteiger partial charge in [0.25, 0.3) is 0 Å². The van der Waals surface area contributed by atoms with Gasteiger partial charge in [-0.3, -0.25) is 0 Å². The molecular weight excluding hydrogens is 150 g/mol. The molecule has 0 fully saturated rings. The van der Waals surface area contributed by atoms with E-state index in [-0.39, 0.29) is 103 Å². The van der Waals surface area contributed by atoms with Gasteiger partial charge in [0.05, 0.1) is 0 Å². The van der Waals surface area contributed by atoms with Crippen LogP contribution in [-0.4, -0.2) is 0 Å². The van der Waals surface area contributed by atoms with Crippen molar-refractivity contribution in [3.63, 3.8) is 0 Å². The Morgan fingerprint density at radius 2 is 0.625 bits per heavy atom. The zero-order chi connectivity index (χ0) is 5.41. The molecule has 0 saturated heterocycles. The minimum absolute atomic E-state index is 0. The predicted molar refractivity (Wildman–Crippen MR) is 30.7 cm³/mol. The molecule has 0 unspecified atom stereocenters. The molecular formula is C6H12K2-2. The van der Waals surface area contributed by atoms with Gasteiger partial charge in [0.1, 0.15) is 0 Å². The molecule has 0 aromatic rings. The summed E-state index contributed by atoms with van der Waals surface area (Å²) in [5, 5.41) is 0. The van der Waals surface area contributed by atoms with Crippen molar-refractivity contribution in [3.05, 3.63) is 27.7 Å². The average Bonchev–Trinajstić information content (AvgIpc) is 1.39. The van der Waals surface area contributed by atoms with E-state index in [0.717, 1.165) is 12.8 Å². The van der Waals surface area contributed by atoms with Gasteiger partial charge in [-0.2, -0.15) is 0 Å². The summed E-state index contributed by atoms with van der Waals surface area (Å²) in [6, 6.07) is 0. The zero-order valence-corrected chi connectivity index (χ0v) is 12.5. The van der Waals surface area contributed by atoms with E-state index in [0.29, 0.717) is 0 Å². The summed E-state index contributed by atoms with van der Waals surface area (Å²) < 4.78 is 0. The molecule has 0 nitrogen and oxygen atoms in total. The van der Waals surface area contributed by atoms with E-state index in [4.69, 9.17) is 0 Å². The molecule has 0 N–H and O–H groups in total. The number of hydrogen-bond donors (Lipinski definition) is 0. The third-order valence-electron chi connectivity index (χ3n) is 0. The van der Waals surface area contributed by atoms with Crippen molar-refractivity contribution in [3.8, 4) is 0 Å². The maximum atomic E-state index is 3.38. The van der Waals surface area contributed by atoms with Gasteiger partial charge in [-0.25, -0.2) is 0 Å². The fourth-order valence-electron chi connectivity index (χ4n) is 0. The maximum absolute atomic E-state index is 3.38. The van der Waals surface area contributed by atoms with Gasteiger partial charge in [-0.1, -0.05) is 0 Å². The molecule has 0 aromatic carbocycles. The van der Waals surface area contributed by atoms with Crippen LogP contribution < -0.4 is 103 Å². The summed E-state index contributed by atoms with van der Waals surface area (Å²) in [5.41, 5.74) is 0. The smallest absolute Gasteiger partial charge is 0.372 e. The van der Waals surface area contributed by atoms with Gasteiger partial charge in [-0.15, -0.1) is 0 Å². The van der Waals surface area contributed by atoms with Crippen LogP contribution in [0.1, 0.15) is 12.8 Å². The Labute approximate surface area is 139 Å². The normalized spacial score (nSPS) is 4.50. The van der Waals surface area contributed by atoms with E-state index >= 15 is 0 Å². The number of hydrogen-bond acceptors (Lipinski definition) is 0. The quantitative estimate of drug-likeness (QED) is 0.252. The first-order valence-electron chi connectivity index (χ1n) is 2.00. The summed E-state index contributed by atoms with van der Waals surface area (Å²) in [6.45, 7) is 13.5. The van der Waals surface area contributed by atoms with Gasteiger partial charge in [0.15, 0.2) is 0 Å². The minimum Gasteiger partial charge on any atom is -0.372 e.